The number of fused-ring (bicyclic) bond motifs is 5. The molecule has 138 valence electrons. The van der Waals surface area contributed by atoms with Crippen LogP contribution in [-0.4, -0.2) is 34.0 Å². The molecule has 0 bridgehead atoms. The Balaban J connectivity index is 1.68. The van der Waals surface area contributed by atoms with E-state index >= 15 is 0 Å². The summed E-state index contributed by atoms with van der Waals surface area (Å²) in [5.74, 6) is 1.26. The Morgan fingerprint density at radius 1 is 1.12 bits per heavy atom. The van der Waals surface area contributed by atoms with Crippen LogP contribution in [0.2, 0.25) is 0 Å². The Hall–Kier alpha value is -1.00. The maximum absolute atomic E-state index is 12.3. The van der Waals surface area contributed by atoms with Gasteiger partial charge in [0.25, 0.3) is 0 Å². The highest BCUT2D eigenvalue weighted by atomic mass is 16.3. The van der Waals surface area contributed by atoms with Gasteiger partial charge in [-0.2, -0.15) is 0 Å². The lowest BCUT2D eigenvalue weighted by molar-refractivity contribution is -0.164. The van der Waals surface area contributed by atoms with Crippen molar-refractivity contribution in [2.45, 2.75) is 70.8 Å². The molecule has 25 heavy (non-hydrogen) atoms. The van der Waals surface area contributed by atoms with Gasteiger partial charge in [-0.05, 0) is 74.2 Å². The fourth-order valence-electron chi connectivity index (χ4n) is 7.16. The van der Waals surface area contributed by atoms with Crippen LogP contribution in [0.25, 0.3) is 0 Å². The second-order valence-corrected chi connectivity index (χ2v) is 9.41. The molecule has 3 fully saturated rings. The number of aliphatic hydroxyl groups is 2. The SMILES string of the molecule is C[C@]12CCC(=O)C=C1CC[C@@H]1[C@@H]2CC[C@]2(C)[C@H]1CC[C@]2(O)C(=O)CO. The highest BCUT2D eigenvalue weighted by Crippen LogP contribution is 2.67. The largest absolute Gasteiger partial charge is 0.388 e. The number of carbonyl (C=O) groups is 2. The van der Waals surface area contributed by atoms with E-state index in [1.807, 2.05) is 6.08 Å². The molecule has 0 saturated heterocycles. The molecule has 0 aromatic rings. The summed E-state index contributed by atoms with van der Waals surface area (Å²) >= 11 is 0. The summed E-state index contributed by atoms with van der Waals surface area (Å²) in [5.41, 5.74) is -0.333. The first kappa shape index (κ1) is 17.4. The second kappa shape index (κ2) is 5.50. The van der Waals surface area contributed by atoms with Crippen LogP contribution in [0.3, 0.4) is 0 Å². The standard InChI is InChI=1S/C21H30O4/c1-19-8-5-14(23)11-13(19)3-4-15-16(19)6-9-20(2)17(15)7-10-21(20,25)18(24)12-22/h11,15-17,22,25H,3-10,12H2,1-2H3/t15-,16+,17+,19+,20-,21+/m1/s1. The molecule has 0 heterocycles. The predicted octanol–water partition coefficient (Wildman–Crippen LogP) is 2.81. The third-order valence-corrected chi connectivity index (χ3v) is 8.72. The molecule has 0 spiro atoms. The highest BCUT2D eigenvalue weighted by Gasteiger charge is 2.65. The minimum Gasteiger partial charge on any atom is -0.388 e. The van der Waals surface area contributed by atoms with Crippen LogP contribution in [0.4, 0.5) is 0 Å². The fourth-order valence-corrected chi connectivity index (χ4v) is 7.16. The number of hydrogen-bond donors (Lipinski definition) is 2. The van der Waals surface area contributed by atoms with E-state index in [4.69, 9.17) is 0 Å². The summed E-state index contributed by atoms with van der Waals surface area (Å²) in [6.07, 6.45) is 8.72. The quantitative estimate of drug-likeness (QED) is 0.806. The average molecular weight is 346 g/mol. The molecule has 0 amide bonds. The Morgan fingerprint density at radius 3 is 2.56 bits per heavy atom. The maximum Gasteiger partial charge on any atom is 0.190 e. The molecular weight excluding hydrogens is 316 g/mol. The summed E-state index contributed by atoms with van der Waals surface area (Å²) in [5, 5.41) is 20.5. The number of Topliss-reactive ketones (excluding diaryl/α,β-unsaturated/α-hetero) is 1. The third-order valence-electron chi connectivity index (χ3n) is 8.72. The van der Waals surface area contributed by atoms with Gasteiger partial charge >= 0.3 is 0 Å². The molecule has 4 aliphatic carbocycles. The van der Waals surface area contributed by atoms with Gasteiger partial charge in [-0.25, -0.2) is 0 Å². The van der Waals surface area contributed by atoms with Crippen molar-refractivity contribution in [3.05, 3.63) is 11.6 Å². The van der Waals surface area contributed by atoms with Crippen molar-refractivity contribution < 1.29 is 19.8 Å². The molecule has 4 aliphatic rings. The number of hydrogen-bond acceptors (Lipinski definition) is 4. The lowest BCUT2D eigenvalue weighted by atomic mass is 9.46. The van der Waals surface area contributed by atoms with Gasteiger partial charge in [-0.1, -0.05) is 19.4 Å². The zero-order valence-electron chi connectivity index (χ0n) is 15.4. The van der Waals surface area contributed by atoms with Gasteiger partial charge in [0.05, 0.1) is 0 Å². The molecular formula is C21H30O4. The first-order valence-electron chi connectivity index (χ1n) is 9.87. The van der Waals surface area contributed by atoms with Crippen molar-refractivity contribution in [3.8, 4) is 0 Å². The normalized spacial score (nSPS) is 49.0. The van der Waals surface area contributed by atoms with E-state index in [2.05, 4.69) is 13.8 Å². The van der Waals surface area contributed by atoms with Crippen molar-refractivity contribution in [2.75, 3.05) is 6.61 Å². The fraction of sp³-hybridized carbons (Fsp3) is 0.810. The molecule has 0 aromatic heterocycles. The molecule has 0 unspecified atom stereocenters. The molecule has 6 atom stereocenters. The average Bonchev–Trinajstić information content (AvgIpc) is 2.87. The van der Waals surface area contributed by atoms with Crippen LogP contribution in [0.15, 0.2) is 11.6 Å². The minimum absolute atomic E-state index is 0.111. The number of carbonyl (C=O) groups excluding carboxylic acids is 2. The van der Waals surface area contributed by atoms with Crippen molar-refractivity contribution in [1.29, 1.82) is 0 Å². The van der Waals surface area contributed by atoms with Crippen molar-refractivity contribution >= 4 is 11.6 Å². The summed E-state index contributed by atoms with van der Waals surface area (Å²) in [4.78, 5) is 24.2. The number of ketones is 2. The Bertz CT molecular complexity index is 652. The molecule has 4 nitrogen and oxygen atoms in total. The molecule has 4 heteroatoms. The monoisotopic (exact) mass is 346 g/mol. The van der Waals surface area contributed by atoms with E-state index < -0.39 is 23.4 Å². The van der Waals surface area contributed by atoms with E-state index in [9.17, 15) is 19.8 Å². The van der Waals surface area contributed by atoms with E-state index in [-0.39, 0.29) is 11.2 Å². The summed E-state index contributed by atoms with van der Waals surface area (Å²) < 4.78 is 0. The summed E-state index contributed by atoms with van der Waals surface area (Å²) in [7, 11) is 0. The van der Waals surface area contributed by atoms with Gasteiger partial charge < -0.3 is 10.2 Å². The van der Waals surface area contributed by atoms with Crippen molar-refractivity contribution in [1.82, 2.24) is 0 Å². The van der Waals surface area contributed by atoms with Crippen LogP contribution in [0, 0.1) is 28.6 Å². The van der Waals surface area contributed by atoms with E-state index in [0.29, 0.717) is 30.6 Å². The van der Waals surface area contributed by atoms with Crippen LogP contribution < -0.4 is 0 Å². The Kier molecular flexibility index (Phi) is 3.83. The van der Waals surface area contributed by atoms with Gasteiger partial charge in [0.15, 0.2) is 11.6 Å². The first-order chi connectivity index (χ1) is 11.8. The molecule has 3 saturated carbocycles. The predicted molar refractivity (Wildman–Crippen MR) is 93.8 cm³/mol. The van der Waals surface area contributed by atoms with Crippen molar-refractivity contribution in [3.63, 3.8) is 0 Å². The molecule has 0 radical (unpaired) electrons. The van der Waals surface area contributed by atoms with Crippen LogP contribution in [0.1, 0.15) is 65.2 Å². The summed E-state index contributed by atoms with van der Waals surface area (Å²) in [6.45, 7) is 3.84. The topological polar surface area (TPSA) is 74.6 Å². The van der Waals surface area contributed by atoms with Gasteiger partial charge in [0.2, 0.25) is 0 Å². The van der Waals surface area contributed by atoms with E-state index in [1.165, 1.54) is 5.57 Å². The zero-order chi connectivity index (χ0) is 18.0. The van der Waals surface area contributed by atoms with E-state index in [0.717, 1.165) is 38.5 Å². The highest BCUT2D eigenvalue weighted by molar-refractivity contribution is 5.91. The third kappa shape index (κ3) is 2.13. The smallest absolute Gasteiger partial charge is 0.190 e. The van der Waals surface area contributed by atoms with Gasteiger partial charge in [0.1, 0.15) is 12.2 Å². The van der Waals surface area contributed by atoms with Gasteiger partial charge in [-0.15, -0.1) is 0 Å². The van der Waals surface area contributed by atoms with Crippen LogP contribution >= 0.6 is 0 Å². The van der Waals surface area contributed by atoms with Crippen LogP contribution in [-0.2, 0) is 9.59 Å². The minimum atomic E-state index is -1.36. The first-order valence-corrected chi connectivity index (χ1v) is 9.87. The number of allylic oxidation sites excluding steroid dienone is 1. The zero-order valence-corrected chi connectivity index (χ0v) is 15.4. The number of aliphatic hydroxyl groups excluding tert-OH is 1. The Labute approximate surface area is 149 Å². The van der Waals surface area contributed by atoms with Crippen LogP contribution in [0.5, 0.6) is 0 Å². The van der Waals surface area contributed by atoms with E-state index in [1.54, 1.807) is 0 Å². The maximum atomic E-state index is 12.3. The molecule has 2 N–H and O–H groups in total. The summed E-state index contributed by atoms with van der Waals surface area (Å²) in [6, 6.07) is 0. The number of rotatable bonds is 2. The molecule has 0 aliphatic heterocycles. The second-order valence-electron chi connectivity index (χ2n) is 9.41. The molecule has 4 rings (SSSR count). The lowest BCUT2D eigenvalue weighted by Gasteiger charge is -2.58. The van der Waals surface area contributed by atoms with Crippen molar-refractivity contribution in [2.24, 2.45) is 28.6 Å². The van der Waals surface area contributed by atoms with Gasteiger partial charge in [0, 0.05) is 11.8 Å². The lowest BCUT2D eigenvalue weighted by Crippen LogP contribution is -2.58. The van der Waals surface area contributed by atoms with Gasteiger partial charge in [-0.3, -0.25) is 9.59 Å². The Morgan fingerprint density at radius 2 is 1.84 bits per heavy atom. The molecule has 0 aromatic carbocycles.